The summed E-state index contributed by atoms with van der Waals surface area (Å²) in [6.07, 6.45) is 1.14. The standard InChI is InChI=1S/C13H24N2S/c1-4-12-5-6-13(16-12)10-15(8-7-14)9-11(2)3/h5-6,11H,4,7-10,14H2,1-3H3. The molecule has 0 fully saturated rings. The van der Waals surface area contributed by atoms with Crippen LogP contribution in [0.3, 0.4) is 0 Å². The van der Waals surface area contributed by atoms with Crippen LogP contribution < -0.4 is 5.73 Å². The Balaban J connectivity index is 2.52. The summed E-state index contributed by atoms with van der Waals surface area (Å²) < 4.78 is 0. The zero-order valence-electron chi connectivity index (χ0n) is 10.7. The molecule has 0 saturated heterocycles. The molecule has 1 rings (SSSR count). The van der Waals surface area contributed by atoms with Crippen LogP contribution in [0.5, 0.6) is 0 Å². The first-order valence-electron chi connectivity index (χ1n) is 6.15. The maximum Gasteiger partial charge on any atom is 0.0328 e. The third-order valence-corrected chi connectivity index (χ3v) is 3.73. The smallest absolute Gasteiger partial charge is 0.0328 e. The molecule has 16 heavy (non-hydrogen) atoms. The summed E-state index contributed by atoms with van der Waals surface area (Å²) in [4.78, 5) is 5.40. The van der Waals surface area contributed by atoms with E-state index in [9.17, 15) is 0 Å². The van der Waals surface area contributed by atoms with Gasteiger partial charge in [-0.1, -0.05) is 20.8 Å². The summed E-state index contributed by atoms with van der Waals surface area (Å²) in [7, 11) is 0. The molecule has 0 bridgehead atoms. The molecule has 0 aromatic carbocycles. The van der Waals surface area contributed by atoms with Gasteiger partial charge < -0.3 is 5.73 Å². The van der Waals surface area contributed by atoms with Crippen molar-refractivity contribution in [1.29, 1.82) is 0 Å². The van der Waals surface area contributed by atoms with Crippen molar-refractivity contribution >= 4 is 11.3 Å². The predicted molar refractivity (Wildman–Crippen MR) is 72.9 cm³/mol. The van der Waals surface area contributed by atoms with Gasteiger partial charge >= 0.3 is 0 Å². The Hall–Kier alpha value is -0.380. The van der Waals surface area contributed by atoms with Gasteiger partial charge in [-0.2, -0.15) is 0 Å². The van der Waals surface area contributed by atoms with Crippen LogP contribution in [0, 0.1) is 5.92 Å². The Labute approximate surface area is 103 Å². The van der Waals surface area contributed by atoms with Gasteiger partial charge in [-0.3, -0.25) is 4.90 Å². The molecule has 1 aromatic rings. The molecule has 0 aliphatic rings. The average Bonchev–Trinajstić information content (AvgIpc) is 2.65. The van der Waals surface area contributed by atoms with Crippen LogP contribution in [0.25, 0.3) is 0 Å². The predicted octanol–water partition coefficient (Wildman–Crippen LogP) is 2.73. The quantitative estimate of drug-likeness (QED) is 0.794. The summed E-state index contributed by atoms with van der Waals surface area (Å²) >= 11 is 1.93. The van der Waals surface area contributed by atoms with E-state index in [0.29, 0.717) is 5.92 Å². The molecule has 2 nitrogen and oxygen atoms in total. The third-order valence-electron chi connectivity index (χ3n) is 2.51. The lowest BCUT2D eigenvalue weighted by Gasteiger charge is -2.22. The third kappa shape index (κ3) is 4.64. The minimum absolute atomic E-state index is 0.706. The van der Waals surface area contributed by atoms with Crippen LogP contribution in [0.1, 0.15) is 30.5 Å². The van der Waals surface area contributed by atoms with Crippen LogP contribution >= 0.6 is 11.3 Å². The van der Waals surface area contributed by atoms with Gasteiger partial charge in [-0.25, -0.2) is 0 Å². The van der Waals surface area contributed by atoms with Gasteiger partial charge in [0.15, 0.2) is 0 Å². The molecule has 0 atom stereocenters. The lowest BCUT2D eigenvalue weighted by Crippen LogP contribution is -2.31. The Morgan fingerprint density at radius 1 is 1.31 bits per heavy atom. The molecule has 0 radical (unpaired) electrons. The van der Waals surface area contributed by atoms with Gasteiger partial charge in [0.25, 0.3) is 0 Å². The first-order chi connectivity index (χ1) is 7.65. The molecule has 0 unspecified atom stereocenters. The maximum atomic E-state index is 5.65. The van der Waals surface area contributed by atoms with Crippen molar-refractivity contribution in [2.75, 3.05) is 19.6 Å². The zero-order valence-corrected chi connectivity index (χ0v) is 11.5. The van der Waals surface area contributed by atoms with E-state index >= 15 is 0 Å². The van der Waals surface area contributed by atoms with Gasteiger partial charge in [0.1, 0.15) is 0 Å². The molecule has 0 amide bonds. The van der Waals surface area contributed by atoms with Crippen molar-refractivity contribution in [3.05, 3.63) is 21.9 Å². The van der Waals surface area contributed by atoms with Crippen molar-refractivity contribution < 1.29 is 0 Å². The van der Waals surface area contributed by atoms with Crippen LogP contribution in [-0.4, -0.2) is 24.5 Å². The highest BCUT2D eigenvalue weighted by Crippen LogP contribution is 2.19. The normalized spacial score (nSPS) is 11.6. The van der Waals surface area contributed by atoms with E-state index in [0.717, 1.165) is 32.6 Å². The van der Waals surface area contributed by atoms with E-state index in [1.165, 1.54) is 9.75 Å². The molecular formula is C13H24N2S. The number of rotatable bonds is 7. The summed E-state index contributed by atoms with van der Waals surface area (Å²) in [5.41, 5.74) is 5.65. The first kappa shape index (κ1) is 13.7. The molecule has 0 saturated carbocycles. The second-order valence-electron chi connectivity index (χ2n) is 4.64. The van der Waals surface area contributed by atoms with Gasteiger partial charge in [0, 0.05) is 35.9 Å². The number of thiophene rings is 1. The highest BCUT2D eigenvalue weighted by molar-refractivity contribution is 7.11. The molecule has 0 aliphatic heterocycles. The average molecular weight is 240 g/mol. The van der Waals surface area contributed by atoms with Gasteiger partial charge in [-0.15, -0.1) is 11.3 Å². The molecule has 2 N–H and O–H groups in total. The Morgan fingerprint density at radius 2 is 2.00 bits per heavy atom. The van der Waals surface area contributed by atoms with Crippen LogP contribution in [0.4, 0.5) is 0 Å². The minimum atomic E-state index is 0.706. The number of hydrogen-bond acceptors (Lipinski definition) is 3. The zero-order chi connectivity index (χ0) is 12.0. The second kappa shape index (κ2) is 7.05. The molecule has 1 aromatic heterocycles. The van der Waals surface area contributed by atoms with Crippen molar-refractivity contribution in [3.63, 3.8) is 0 Å². The second-order valence-corrected chi connectivity index (χ2v) is 5.89. The Kier molecular flexibility index (Phi) is 6.03. The van der Waals surface area contributed by atoms with E-state index < -0.39 is 0 Å². The molecule has 0 aliphatic carbocycles. The van der Waals surface area contributed by atoms with Crippen LogP contribution in [-0.2, 0) is 13.0 Å². The summed E-state index contributed by atoms with van der Waals surface area (Å²) in [5.74, 6) is 0.706. The summed E-state index contributed by atoms with van der Waals surface area (Å²) in [5, 5.41) is 0. The Bertz CT molecular complexity index is 294. The largest absolute Gasteiger partial charge is 0.329 e. The fourth-order valence-corrected chi connectivity index (χ4v) is 2.85. The molecule has 1 heterocycles. The molecule has 3 heteroatoms. The number of aryl methyl sites for hydroxylation is 1. The molecule has 0 spiro atoms. The number of hydrogen-bond donors (Lipinski definition) is 1. The summed E-state index contributed by atoms with van der Waals surface area (Å²) in [6.45, 7) is 10.7. The van der Waals surface area contributed by atoms with Crippen LogP contribution in [0.15, 0.2) is 12.1 Å². The van der Waals surface area contributed by atoms with Gasteiger partial charge in [-0.05, 0) is 24.5 Å². The highest BCUT2D eigenvalue weighted by Gasteiger charge is 2.08. The first-order valence-corrected chi connectivity index (χ1v) is 6.97. The Morgan fingerprint density at radius 3 is 2.50 bits per heavy atom. The number of nitrogens with two attached hydrogens (primary N) is 1. The topological polar surface area (TPSA) is 29.3 Å². The van der Waals surface area contributed by atoms with Gasteiger partial charge in [0.05, 0.1) is 0 Å². The fourth-order valence-electron chi connectivity index (χ4n) is 1.85. The number of nitrogens with zero attached hydrogens (tertiary/aromatic N) is 1. The monoisotopic (exact) mass is 240 g/mol. The highest BCUT2D eigenvalue weighted by atomic mass is 32.1. The maximum absolute atomic E-state index is 5.65. The van der Waals surface area contributed by atoms with Crippen molar-refractivity contribution in [2.24, 2.45) is 11.7 Å². The fraction of sp³-hybridized carbons (Fsp3) is 0.692. The summed E-state index contributed by atoms with van der Waals surface area (Å²) in [6, 6.07) is 4.50. The minimum Gasteiger partial charge on any atom is -0.329 e. The lowest BCUT2D eigenvalue weighted by atomic mass is 10.2. The van der Waals surface area contributed by atoms with Crippen molar-refractivity contribution in [3.8, 4) is 0 Å². The van der Waals surface area contributed by atoms with E-state index in [-0.39, 0.29) is 0 Å². The van der Waals surface area contributed by atoms with E-state index in [1.54, 1.807) is 0 Å². The SMILES string of the molecule is CCc1ccc(CN(CCN)CC(C)C)s1. The van der Waals surface area contributed by atoms with Gasteiger partial charge in [0.2, 0.25) is 0 Å². The van der Waals surface area contributed by atoms with E-state index in [2.05, 4.69) is 37.8 Å². The lowest BCUT2D eigenvalue weighted by molar-refractivity contribution is 0.244. The van der Waals surface area contributed by atoms with E-state index in [1.807, 2.05) is 11.3 Å². The van der Waals surface area contributed by atoms with Crippen molar-refractivity contribution in [1.82, 2.24) is 4.90 Å². The van der Waals surface area contributed by atoms with Crippen molar-refractivity contribution in [2.45, 2.75) is 33.7 Å². The van der Waals surface area contributed by atoms with E-state index in [4.69, 9.17) is 5.73 Å². The molecular weight excluding hydrogens is 216 g/mol. The molecule has 92 valence electrons. The van der Waals surface area contributed by atoms with Crippen LogP contribution in [0.2, 0.25) is 0 Å².